The van der Waals surface area contributed by atoms with E-state index in [1.54, 1.807) is 6.92 Å². The molecule has 0 radical (unpaired) electrons. The highest BCUT2D eigenvalue weighted by molar-refractivity contribution is 5.90. The lowest BCUT2D eigenvalue weighted by Crippen LogP contribution is -2.00. The van der Waals surface area contributed by atoms with Gasteiger partial charge in [0.05, 0.1) is 18.8 Å². The van der Waals surface area contributed by atoms with E-state index in [1.807, 2.05) is 0 Å². The van der Waals surface area contributed by atoms with Crippen molar-refractivity contribution in [3.05, 3.63) is 25.0 Å². The molecule has 0 unspecified atom stereocenters. The van der Waals surface area contributed by atoms with Gasteiger partial charge in [0.25, 0.3) is 0 Å². The third kappa shape index (κ3) is 9.14. The summed E-state index contributed by atoms with van der Waals surface area (Å²) in [6.07, 6.45) is 4.77. The molecule has 0 aliphatic heterocycles. The number of carbonyl (C=O) groups excluding carboxylic acids is 2. The SMILES string of the molecule is C=COC(=O)C1CC1.CCOC(=O)/C=C\C(=O)O. The van der Waals surface area contributed by atoms with Crippen LogP contribution < -0.4 is 0 Å². The molecule has 0 bridgehead atoms. The molecule has 1 fully saturated rings. The van der Waals surface area contributed by atoms with Crippen molar-refractivity contribution in [2.24, 2.45) is 5.92 Å². The van der Waals surface area contributed by atoms with E-state index in [-0.39, 0.29) is 18.5 Å². The molecule has 1 rings (SSSR count). The normalized spacial score (nSPS) is 13.2. The first kappa shape index (κ1) is 15.9. The zero-order chi connectivity index (χ0) is 14.0. The van der Waals surface area contributed by atoms with Crippen LogP contribution in [0.4, 0.5) is 0 Å². The number of carboxylic acids is 1. The Bertz CT molecular complexity index is 340. The summed E-state index contributed by atoms with van der Waals surface area (Å²) in [5.74, 6) is -1.73. The molecule has 1 aliphatic rings. The molecule has 0 atom stereocenters. The average Bonchev–Trinajstić information content (AvgIpc) is 3.12. The molecular formula is C12H16O6. The third-order valence-corrected chi connectivity index (χ3v) is 1.76. The summed E-state index contributed by atoms with van der Waals surface area (Å²) in [5.41, 5.74) is 0. The molecule has 0 saturated heterocycles. The number of carbonyl (C=O) groups is 3. The summed E-state index contributed by atoms with van der Waals surface area (Å²) < 4.78 is 8.89. The zero-order valence-electron chi connectivity index (χ0n) is 10.1. The summed E-state index contributed by atoms with van der Waals surface area (Å²) in [7, 11) is 0. The van der Waals surface area contributed by atoms with Gasteiger partial charge in [-0.1, -0.05) is 6.58 Å². The molecule has 0 aromatic carbocycles. The second-order valence-electron chi connectivity index (χ2n) is 3.30. The van der Waals surface area contributed by atoms with Gasteiger partial charge in [-0.05, 0) is 19.8 Å². The zero-order valence-corrected chi connectivity index (χ0v) is 10.1. The van der Waals surface area contributed by atoms with Crippen molar-refractivity contribution in [2.75, 3.05) is 6.61 Å². The lowest BCUT2D eigenvalue weighted by molar-refractivity contribution is -0.139. The fourth-order valence-electron chi connectivity index (χ4n) is 0.827. The highest BCUT2D eigenvalue weighted by atomic mass is 16.5. The summed E-state index contributed by atoms with van der Waals surface area (Å²) in [5, 5.41) is 8.04. The maximum atomic E-state index is 10.5. The smallest absolute Gasteiger partial charge is 0.330 e. The molecule has 1 saturated carbocycles. The molecule has 100 valence electrons. The van der Waals surface area contributed by atoms with E-state index >= 15 is 0 Å². The molecule has 0 aromatic rings. The summed E-state index contributed by atoms with van der Waals surface area (Å²) in [6.45, 7) is 5.17. The minimum absolute atomic E-state index is 0.125. The van der Waals surface area contributed by atoms with Gasteiger partial charge in [-0.25, -0.2) is 9.59 Å². The van der Waals surface area contributed by atoms with E-state index in [4.69, 9.17) is 5.11 Å². The largest absolute Gasteiger partial charge is 0.478 e. The van der Waals surface area contributed by atoms with Gasteiger partial charge in [-0.3, -0.25) is 4.79 Å². The van der Waals surface area contributed by atoms with Gasteiger partial charge in [-0.2, -0.15) is 0 Å². The number of rotatable bonds is 5. The molecule has 0 spiro atoms. The Labute approximate surface area is 105 Å². The van der Waals surface area contributed by atoms with Crippen molar-refractivity contribution in [2.45, 2.75) is 19.8 Å². The number of carboxylic acid groups (broad SMARTS) is 1. The Hall–Kier alpha value is -2.11. The molecule has 6 nitrogen and oxygen atoms in total. The standard InChI is InChI=1S/C6H8O4.C6H8O2/c1-2-10-6(9)4-3-5(7)8;1-2-8-6(7)5-3-4-5/h3-4H,2H2,1H3,(H,7,8);2,5H,1,3-4H2/b4-3-;. The highest BCUT2D eigenvalue weighted by Gasteiger charge is 2.30. The molecule has 6 heteroatoms. The molecule has 1 N–H and O–H groups in total. The van der Waals surface area contributed by atoms with Gasteiger partial charge >= 0.3 is 17.9 Å². The topological polar surface area (TPSA) is 89.9 Å². The first-order chi connectivity index (χ1) is 8.51. The van der Waals surface area contributed by atoms with Gasteiger partial charge in [-0.15, -0.1) is 0 Å². The fourth-order valence-corrected chi connectivity index (χ4v) is 0.827. The van der Waals surface area contributed by atoms with E-state index in [0.717, 1.165) is 25.0 Å². The molecule has 0 heterocycles. The van der Waals surface area contributed by atoms with Crippen LogP contribution in [0.1, 0.15) is 19.8 Å². The van der Waals surface area contributed by atoms with E-state index in [9.17, 15) is 14.4 Å². The first-order valence-corrected chi connectivity index (χ1v) is 5.40. The predicted molar refractivity (Wildman–Crippen MR) is 62.4 cm³/mol. The van der Waals surface area contributed by atoms with E-state index in [1.165, 1.54) is 6.26 Å². The van der Waals surface area contributed by atoms with Crippen molar-refractivity contribution in [1.82, 2.24) is 0 Å². The molecule has 1 aliphatic carbocycles. The van der Waals surface area contributed by atoms with E-state index in [0.29, 0.717) is 0 Å². The Morgan fingerprint density at radius 3 is 2.33 bits per heavy atom. The monoisotopic (exact) mass is 256 g/mol. The van der Waals surface area contributed by atoms with E-state index in [2.05, 4.69) is 16.1 Å². The highest BCUT2D eigenvalue weighted by Crippen LogP contribution is 2.29. The quantitative estimate of drug-likeness (QED) is 0.452. The van der Waals surface area contributed by atoms with Crippen LogP contribution in [-0.4, -0.2) is 29.6 Å². The molecular weight excluding hydrogens is 240 g/mol. The van der Waals surface area contributed by atoms with Crippen molar-refractivity contribution < 1.29 is 29.0 Å². The number of ether oxygens (including phenoxy) is 2. The number of hydrogen-bond acceptors (Lipinski definition) is 5. The van der Waals surface area contributed by atoms with Crippen molar-refractivity contribution in [1.29, 1.82) is 0 Å². The Balaban J connectivity index is 0.000000327. The second kappa shape index (κ2) is 8.98. The Morgan fingerprint density at radius 1 is 1.33 bits per heavy atom. The van der Waals surface area contributed by atoms with Crippen LogP contribution in [-0.2, 0) is 23.9 Å². The van der Waals surface area contributed by atoms with Crippen LogP contribution in [0.15, 0.2) is 25.0 Å². The predicted octanol–water partition coefficient (Wildman–Crippen LogP) is 1.27. The number of hydrogen-bond donors (Lipinski definition) is 1. The van der Waals surface area contributed by atoms with Crippen molar-refractivity contribution in [3.63, 3.8) is 0 Å². The molecule has 0 aromatic heterocycles. The van der Waals surface area contributed by atoms with Gasteiger partial charge in [0.2, 0.25) is 0 Å². The minimum atomic E-state index is -1.16. The Kier molecular flexibility index (Phi) is 7.92. The lowest BCUT2D eigenvalue weighted by Gasteiger charge is -1.92. The summed E-state index contributed by atoms with van der Waals surface area (Å²) in [6, 6.07) is 0. The van der Waals surface area contributed by atoms with Gasteiger partial charge in [0.15, 0.2) is 0 Å². The molecule has 0 amide bonds. The summed E-state index contributed by atoms with van der Waals surface area (Å²) >= 11 is 0. The van der Waals surface area contributed by atoms with Gasteiger partial charge in [0.1, 0.15) is 0 Å². The fraction of sp³-hybridized carbons (Fsp3) is 0.417. The second-order valence-corrected chi connectivity index (χ2v) is 3.30. The number of aliphatic carboxylic acids is 1. The lowest BCUT2D eigenvalue weighted by atomic mass is 10.4. The van der Waals surface area contributed by atoms with Gasteiger partial charge in [0, 0.05) is 12.2 Å². The molecule has 18 heavy (non-hydrogen) atoms. The maximum Gasteiger partial charge on any atom is 0.330 e. The minimum Gasteiger partial charge on any atom is -0.478 e. The van der Waals surface area contributed by atoms with Crippen molar-refractivity contribution in [3.8, 4) is 0 Å². The average molecular weight is 256 g/mol. The van der Waals surface area contributed by atoms with Crippen molar-refractivity contribution >= 4 is 17.9 Å². The summed E-state index contributed by atoms with van der Waals surface area (Å²) in [4.78, 5) is 30.7. The first-order valence-electron chi connectivity index (χ1n) is 5.40. The number of esters is 2. The van der Waals surface area contributed by atoms with Crippen LogP contribution in [0.5, 0.6) is 0 Å². The van der Waals surface area contributed by atoms with Crippen LogP contribution in [0.3, 0.4) is 0 Å². The van der Waals surface area contributed by atoms with Crippen LogP contribution >= 0.6 is 0 Å². The third-order valence-electron chi connectivity index (χ3n) is 1.76. The van der Waals surface area contributed by atoms with Crippen LogP contribution in [0, 0.1) is 5.92 Å². The van der Waals surface area contributed by atoms with Crippen LogP contribution in [0.25, 0.3) is 0 Å². The van der Waals surface area contributed by atoms with Gasteiger partial charge < -0.3 is 14.6 Å². The van der Waals surface area contributed by atoms with E-state index < -0.39 is 11.9 Å². The van der Waals surface area contributed by atoms with Crippen LogP contribution in [0.2, 0.25) is 0 Å². The maximum absolute atomic E-state index is 10.5. The Morgan fingerprint density at radius 2 is 1.94 bits per heavy atom.